The minimum absolute atomic E-state index is 0.361. The molecule has 0 amide bonds. The molecule has 0 aliphatic rings. The zero-order chi connectivity index (χ0) is 9.97. The number of rotatable bonds is 3. The molecule has 0 N–H and O–H groups in total. The molecule has 0 bridgehead atoms. The summed E-state index contributed by atoms with van der Waals surface area (Å²) in [6.45, 7) is 2.17. The molecule has 72 valence electrons. The van der Waals surface area contributed by atoms with Crippen LogP contribution in [0.4, 0.5) is 0 Å². The van der Waals surface area contributed by atoms with E-state index < -0.39 is 0 Å². The quantitative estimate of drug-likeness (QED) is 0.656. The molecule has 2 heterocycles. The minimum atomic E-state index is -0.361. The van der Waals surface area contributed by atoms with E-state index in [-0.39, 0.29) is 6.10 Å². The van der Waals surface area contributed by atoms with Gasteiger partial charge in [0, 0.05) is 6.20 Å². The maximum absolute atomic E-state index is 10.2. The first-order chi connectivity index (χ1) is 6.83. The summed E-state index contributed by atoms with van der Waals surface area (Å²) in [5, 5.41) is 3.97. The Morgan fingerprint density at radius 3 is 3.21 bits per heavy atom. The highest BCUT2D eigenvalue weighted by atomic mass is 16.5. The van der Waals surface area contributed by atoms with Crippen molar-refractivity contribution >= 4 is 12.2 Å². The zero-order valence-electron chi connectivity index (χ0n) is 7.49. The molecule has 6 nitrogen and oxygen atoms in total. The van der Waals surface area contributed by atoms with Gasteiger partial charge in [0.1, 0.15) is 12.4 Å². The summed E-state index contributed by atoms with van der Waals surface area (Å²) >= 11 is 0. The van der Waals surface area contributed by atoms with Gasteiger partial charge in [-0.1, -0.05) is 0 Å². The van der Waals surface area contributed by atoms with Crippen LogP contribution in [0, 0.1) is 0 Å². The summed E-state index contributed by atoms with van der Waals surface area (Å²) in [5.41, 5.74) is 0.736. The molecule has 0 aromatic carbocycles. The van der Waals surface area contributed by atoms with Gasteiger partial charge in [0.05, 0.1) is 5.69 Å². The van der Waals surface area contributed by atoms with Gasteiger partial charge in [-0.15, -0.1) is 0 Å². The van der Waals surface area contributed by atoms with E-state index in [1.165, 1.54) is 10.8 Å². The van der Waals surface area contributed by atoms with E-state index in [1.54, 1.807) is 19.2 Å². The van der Waals surface area contributed by atoms with Gasteiger partial charge in [0.2, 0.25) is 0 Å². The lowest BCUT2D eigenvalue weighted by molar-refractivity contribution is -0.133. The Labute approximate surface area is 79.5 Å². The highest BCUT2D eigenvalue weighted by Crippen LogP contribution is 2.14. The van der Waals surface area contributed by atoms with E-state index >= 15 is 0 Å². The van der Waals surface area contributed by atoms with Crippen LogP contribution in [0.1, 0.15) is 18.7 Å². The van der Waals surface area contributed by atoms with Gasteiger partial charge in [-0.2, -0.15) is 14.6 Å². The smallest absolute Gasteiger partial charge is 0.293 e. The first kappa shape index (κ1) is 8.61. The maximum Gasteiger partial charge on any atom is 0.293 e. The van der Waals surface area contributed by atoms with Crippen molar-refractivity contribution in [1.82, 2.24) is 19.6 Å². The van der Waals surface area contributed by atoms with Gasteiger partial charge in [-0.3, -0.25) is 4.79 Å². The van der Waals surface area contributed by atoms with Gasteiger partial charge in [-0.25, -0.2) is 4.98 Å². The van der Waals surface area contributed by atoms with Gasteiger partial charge < -0.3 is 4.74 Å². The summed E-state index contributed by atoms with van der Waals surface area (Å²) in [6.07, 6.45) is 2.64. The molecular formula is C8H8N4O2. The lowest BCUT2D eigenvalue weighted by Crippen LogP contribution is -2.06. The second-order valence-corrected chi connectivity index (χ2v) is 2.72. The van der Waals surface area contributed by atoms with Crippen molar-refractivity contribution in [3.63, 3.8) is 0 Å². The van der Waals surface area contributed by atoms with E-state index in [0.717, 1.165) is 5.69 Å². The molecule has 0 aliphatic carbocycles. The number of hydrogen-bond acceptors (Lipinski definition) is 5. The van der Waals surface area contributed by atoms with Crippen molar-refractivity contribution in [2.75, 3.05) is 0 Å². The third-order valence-corrected chi connectivity index (χ3v) is 1.89. The standard InChI is InChI=1S/C8H8N4O2/c1-6(14-5-13)7-2-3-9-8-10-4-11-12(7)8/h2-6H,1H3. The van der Waals surface area contributed by atoms with Crippen molar-refractivity contribution in [3.05, 3.63) is 24.3 Å². The number of ether oxygens (including phenoxy) is 1. The Balaban J connectivity index is 2.50. The van der Waals surface area contributed by atoms with E-state index in [2.05, 4.69) is 15.1 Å². The van der Waals surface area contributed by atoms with E-state index in [1.807, 2.05) is 0 Å². The predicted octanol–water partition coefficient (Wildman–Crippen LogP) is 0.358. The molecule has 2 aromatic rings. The molecule has 0 spiro atoms. The van der Waals surface area contributed by atoms with Crippen LogP contribution in [0.25, 0.3) is 5.78 Å². The molecule has 2 aromatic heterocycles. The van der Waals surface area contributed by atoms with Gasteiger partial charge in [0.25, 0.3) is 12.2 Å². The summed E-state index contributed by atoms with van der Waals surface area (Å²) in [4.78, 5) is 18.1. The van der Waals surface area contributed by atoms with Crippen molar-refractivity contribution < 1.29 is 9.53 Å². The Kier molecular flexibility index (Phi) is 2.10. The number of aromatic nitrogens is 4. The molecule has 0 fully saturated rings. The van der Waals surface area contributed by atoms with Crippen molar-refractivity contribution in [2.45, 2.75) is 13.0 Å². The topological polar surface area (TPSA) is 69.4 Å². The summed E-state index contributed by atoms with van der Waals surface area (Å²) in [6, 6.07) is 1.73. The van der Waals surface area contributed by atoms with Crippen LogP contribution in [0.5, 0.6) is 0 Å². The van der Waals surface area contributed by atoms with E-state index in [9.17, 15) is 4.79 Å². The molecule has 2 rings (SSSR count). The van der Waals surface area contributed by atoms with Crippen molar-refractivity contribution in [1.29, 1.82) is 0 Å². The molecule has 1 atom stereocenters. The van der Waals surface area contributed by atoms with E-state index in [0.29, 0.717) is 12.2 Å². The van der Waals surface area contributed by atoms with Crippen molar-refractivity contribution in [3.8, 4) is 0 Å². The first-order valence-corrected chi connectivity index (χ1v) is 4.06. The van der Waals surface area contributed by atoms with Crippen LogP contribution < -0.4 is 0 Å². The fraction of sp³-hybridized carbons (Fsp3) is 0.250. The highest BCUT2D eigenvalue weighted by Gasteiger charge is 2.11. The highest BCUT2D eigenvalue weighted by molar-refractivity contribution is 5.38. The number of fused-ring (bicyclic) bond motifs is 1. The molecule has 0 saturated carbocycles. The fourth-order valence-electron chi connectivity index (χ4n) is 1.22. The molecule has 1 unspecified atom stereocenters. The second-order valence-electron chi connectivity index (χ2n) is 2.72. The van der Waals surface area contributed by atoms with Crippen LogP contribution in [0.15, 0.2) is 18.6 Å². The van der Waals surface area contributed by atoms with Crippen LogP contribution in [0.2, 0.25) is 0 Å². The Morgan fingerprint density at radius 2 is 2.43 bits per heavy atom. The van der Waals surface area contributed by atoms with Crippen molar-refractivity contribution in [2.24, 2.45) is 0 Å². The Bertz CT molecular complexity index is 453. The molecule has 14 heavy (non-hydrogen) atoms. The van der Waals surface area contributed by atoms with E-state index in [4.69, 9.17) is 4.74 Å². The van der Waals surface area contributed by atoms with Crippen LogP contribution in [-0.4, -0.2) is 26.1 Å². The third kappa shape index (κ3) is 1.30. The van der Waals surface area contributed by atoms with Gasteiger partial charge in [-0.05, 0) is 13.0 Å². The normalized spacial score (nSPS) is 12.6. The molecule has 6 heteroatoms. The number of nitrogens with zero attached hydrogens (tertiary/aromatic N) is 4. The Hall–Kier alpha value is -1.98. The average Bonchev–Trinajstić information content (AvgIpc) is 2.65. The molecule has 0 aliphatic heterocycles. The third-order valence-electron chi connectivity index (χ3n) is 1.89. The summed E-state index contributed by atoms with van der Waals surface area (Å²) < 4.78 is 6.34. The monoisotopic (exact) mass is 192 g/mol. The average molecular weight is 192 g/mol. The molecule has 0 saturated heterocycles. The SMILES string of the molecule is CC(OC=O)c1ccnc2ncnn12. The van der Waals surface area contributed by atoms with Gasteiger partial charge >= 0.3 is 0 Å². The number of hydrogen-bond donors (Lipinski definition) is 0. The fourth-order valence-corrected chi connectivity index (χ4v) is 1.22. The van der Waals surface area contributed by atoms with Crippen LogP contribution >= 0.6 is 0 Å². The predicted molar refractivity (Wildman–Crippen MR) is 46.3 cm³/mol. The zero-order valence-corrected chi connectivity index (χ0v) is 7.49. The maximum atomic E-state index is 10.2. The Morgan fingerprint density at radius 1 is 1.57 bits per heavy atom. The minimum Gasteiger partial charge on any atom is -0.458 e. The summed E-state index contributed by atoms with van der Waals surface area (Å²) in [7, 11) is 0. The number of carbonyl (C=O) groups is 1. The largest absolute Gasteiger partial charge is 0.458 e. The second kappa shape index (κ2) is 3.41. The first-order valence-electron chi connectivity index (χ1n) is 4.06. The van der Waals surface area contributed by atoms with Crippen LogP contribution in [-0.2, 0) is 9.53 Å². The van der Waals surface area contributed by atoms with Crippen LogP contribution in [0.3, 0.4) is 0 Å². The number of carbonyl (C=O) groups excluding carboxylic acids is 1. The molecular weight excluding hydrogens is 184 g/mol. The summed E-state index contributed by atoms with van der Waals surface area (Å²) in [5.74, 6) is 0.490. The lowest BCUT2D eigenvalue weighted by Gasteiger charge is -2.09. The molecule has 0 radical (unpaired) electrons. The van der Waals surface area contributed by atoms with Gasteiger partial charge in [0.15, 0.2) is 0 Å². The lowest BCUT2D eigenvalue weighted by atomic mass is 10.3.